The molecule has 0 bridgehead atoms. The van der Waals surface area contributed by atoms with Crippen molar-refractivity contribution in [3.63, 3.8) is 0 Å². The van der Waals surface area contributed by atoms with Gasteiger partial charge in [0.25, 0.3) is 5.56 Å². The summed E-state index contributed by atoms with van der Waals surface area (Å²) in [6, 6.07) is 0. The van der Waals surface area contributed by atoms with Crippen molar-refractivity contribution in [2.45, 2.75) is 24.0 Å². The number of hydrogen-bond acceptors (Lipinski definition) is 7. The van der Waals surface area contributed by atoms with Crippen molar-refractivity contribution < 1.29 is 30.7 Å². The molecule has 122 valence electrons. The van der Waals surface area contributed by atoms with Crippen LogP contribution in [-0.2, 0) is 16.7 Å². The molecule has 0 spiro atoms. The SMILES string of the molecule is Cc1c(OS(=O)(=O)C(F)(F)F)c([N+](=O)[O-])c2n(c1=O)CCS2. The molecule has 0 saturated carbocycles. The maximum atomic E-state index is 12.4. The highest BCUT2D eigenvalue weighted by Gasteiger charge is 2.50. The number of alkyl halides is 3. The maximum Gasteiger partial charge on any atom is 0.534 e. The van der Waals surface area contributed by atoms with E-state index in [1.54, 1.807) is 0 Å². The third-order valence-corrected chi connectivity index (χ3v) is 4.81. The Kier molecular flexibility index (Phi) is 3.89. The predicted octanol–water partition coefficient (Wildman–Crippen LogP) is 1.40. The minimum absolute atomic E-state index is 0.132. The fourth-order valence-electron chi connectivity index (χ4n) is 1.80. The summed E-state index contributed by atoms with van der Waals surface area (Å²) in [4.78, 5) is 22.0. The number of nitro groups is 1. The zero-order valence-electron chi connectivity index (χ0n) is 10.7. The molecule has 0 radical (unpaired) electrons. The molecule has 0 N–H and O–H groups in total. The van der Waals surface area contributed by atoms with E-state index in [1.165, 1.54) is 0 Å². The minimum Gasteiger partial charge on any atom is -0.368 e. The van der Waals surface area contributed by atoms with E-state index >= 15 is 0 Å². The van der Waals surface area contributed by atoms with Crippen LogP contribution in [0.2, 0.25) is 0 Å². The van der Waals surface area contributed by atoms with Crippen LogP contribution in [0.5, 0.6) is 5.75 Å². The van der Waals surface area contributed by atoms with Crippen molar-refractivity contribution in [3.8, 4) is 5.75 Å². The number of thioether (sulfide) groups is 1. The summed E-state index contributed by atoms with van der Waals surface area (Å²) in [5, 5.41) is 10.9. The third-order valence-electron chi connectivity index (χ3n) is 2.78. The lowest BCUT2D eigenvalue weighted by molar-refractivity contribution is -0.389. The summed E-state index contributed by atoms with van der Waals surface area (Å²) in [7, 11) is -6.13. The Balaban J connectivity index is 2.75. The first-order valence-corrected chi connectivity index (χ1v) is 7.92. The standard InChI is InChI=1S/C9H7F3N2O6S2/c1-4-6(20-22(18,19)9(10,11)12)5(14(16)17)8-13(7(4)15)2-3-21-8/h2-3H2,1H3. The van der Waals surface area contributed by atoms with Gasteiger partial charge in [-0.2, -0.15) is 21.6 Å². The lowest BCUT2D eigenvalue weighted by Crippen LogP contribution is -2.30. The van der Waals surface area contributed by atoms with E-state index in [1.807, 2.05) is 0 Å². The number of halogens is 3. The molecular weight excluding hydrogens is 353 g/mol. The van der Waals surface area contributed by atoms with Crippen molar-refractivity contribution in [2.75, 3.05) is 5.75 Å². The van der Waals surface area contributed by atoms with Gasteiger partial charge in [-0.15, -0.1) is 0 Å². The lowest BCUT2D eigenvalue weighted by atomic mass is 10.2. The smallest absolute Gasteiger partial charge is 0.368 e. The Bertz CT molecular complexity index is 814. The molecule has 0 amide bonds. The normalized spacial score (nSPS) is 14.7. The van der Waals surface area contributed by atoms with Gasteiger partial charge in [0, 0.05) is 12.3 Å². The van der Waals surface area contributed by atoms with Crippen LogP contribution < -0.4 is 9.74 Å². The predicted molar refractivity (Wildman–Crippen MR) is 68.4 cm³/mol. The number of rotatable bonds is 3. The molecule has 1 aromatic rings. The van der Waals surface area contributed by atoms with Gasteiger partial charge in [-0.05, 0) is 6.92 Å². The third kappa shape index (κ3) is 2.54. The van der Waals surface area contributed by atoms with E-state index in [2.05, 4.69) is 4.18 Å². The molecule has 8 nitrogen and oxygen atoms in total. The fourth-order valence-corrected chi connectivity index (χ4v) is 3.42. The Hall–Kier alpha value is -1.76. The van der Waals surface area contributed by atoms with E-state index in [4.69, 9.17) is 0 Å². The molecule has 1 aliphatic rings. The number of pyridine rings is 1. The van der Waals surface area contributed by atoms with Crippen LogP contribution in [-0.4, -0.2) is 29.2 Å². The molecular formula is C9H7F3N2O6S2. The van der Waals surface area contributed by atoms with E-state index in [9.17, 15) is 36.5 Å². The first-order valence-electron chi connectivity index (χ1n) is 5.52. The molecule has 0 saturated heterocycles. The van der Waals surface area contributed by atoms with Gasteiger partial charge < -0.3 is 4.18 Å². The highest BCUT2D eigenvalue weighted by molar-refractivity contribution is 7.99. The van der Waals surface area contributed by atoms with Crippen LogP contribution in [0.1, 0.15) is 5.56 Å². The Labute approximate surface area is 125 Å². The van der Waals surface area contributed by atoms with Gasteiger partial charge in [0.15, 0.2) is 5.03 Å². The average Bonchev–Trinajstić information content (AvgIpc) is 2.82. The summed E-state index contributed by atoms with van der Waals surface area (Å²) in [6.45, 7) is 1.10. The zero-order chi connectivity index (χ0) is 16.9. The quantitative estimate of drug-likeness (QED) is 0.347. The number of nitrogens with zero attached hydrogens (tertiary/aromatic N) is 2. The molecule has 0 fully saturated rings. The van der Waals surface area contributed by atoms with Crippen molar-refractivity contribution in [2.24, 2.45) is 0 Å². The van der Waals surface area contributed by atoms with Crippen molar-refractivity contribution in [1.29, 1.82) is 0 Å². The van der Waals surface area contributed by atoms with E-state index < -0.39 is 43.1 Å². The zero-order valence-corrected chi connectivity index (χ0v) is 12.3. The van der Waals surface area contributed by atoms with E-state index in [0.717, 1.165) is 23.3 Å². The number of fused-ring (bicyclic) bond motifs is 1. The molecule has 1 aromatic heterocycles. The largest absolute Gasteiger partial charge is 0.534 e. The topological polar surface area (TPSA) is 109 Å². The summed E-state index contributed by atoms with van der Waals surface area (Å²) in [5.41, 5.74) is -8.15. The number of aromatic nitrogens is 1. The Morgan fingerprint density at radius 3 is 2.50 bits per heavy atom. The van der Waals surface area contributed by atoms with Gasteiger partial charge in [0.2, 0.25) is 5.75 Å². The first-order chi connectivity index (χ1) is 9.97. The molecule has 0 aromatic carbocycles. The van der Waals surface area contributed by atoms with Gasteiger partial charge in [0.1, 0.15) is 0 Å². The fraction of sp³-hybridized carbons (Fsp3) is 0.444. The molecule has 0 unspecified atom stereocenters. The molecule has 0 atom stereocenters. The summed E-state index contributed by atoms with van der Waals surface area (Å²) < 4.78 is 64.2. The van der Waals surface area contributed by atoms with Crippen LogP contribution in [0.15, 0.2) is 9.82 Å². The summed E-state index contributed by atoms with van der Waals surface area (Å²) in [5.74, 6) is -0.904. The van der Waals surface area contributed by atoms with E-state index in [-0.39, 0.29) is 11.6 Å². The molecule has 22 heavy (non-hydrogen) atoms. The highest BCUT2D eigenvalue weighted by Crippen LogP contribution is 2.42. The average molecular weight is 360 g/mol. The first kappa shape index (κ1) is 16.6. The van der Waals surface area contributed by atoms with Crippen molar-refractivity contribution in [1.82, 2.24) is 4.57 Å². The number of hydrogen-bond donors (Lipinski definition) is 0. The monoisotopic (exact) mass is 360 g/mol. The van der Waals surface area contributed by atoms with Crippen molar-refractivity contribution >= 4 is 27.6 Å². The van der Waals surface area contributed by atoms with E-state index in [0.29, 0.717) is 5.75 Å². The molecule has 2 rings (SSSR count). The second-order valence-corrected chi connectivity index (χ2v) is 6.77. The van der Waals surface area contributed by atoms with Gasteiger partial charge in [-0.3, -0.25) is 19.5 Å². The second kappa shape index (κ2) is 5.15. The molecule has 1 aliphatic heterocycles. The van der Waals surface area contributed by atoms with Crippen molar-refractivity contribution in [3.05, 3.63) is 26.0 Å². The lowest BCUT2D eigenvalue weighted by Gasteiger charge is -2.13. The van der Waals surface area contributed by atoms with Crippen LogP contribution >= 0.6 is 11.8 Å². The van der Waals surface area contributed by atoms with Crippen LogP contribution in [0.25, 0.3) is 0 Å². The minimum atomic E-state index is -6.13. The van der Waals surface area contributed by atoms with Gasteiger partial charge >= 0.3 is 21.3 Å². The van der Waals surface area contributed by atoms with Gasteiger partial charge in [0.05, 0.1) is 10.5 Å². The Morgan fingerprint density at radius 2 is 2.00 bits per heavy atom. The molecule has 2 heterocycles. The van der Waals surface area contributed by atoms with Crippen LogP contribution in [0, 0.1) is 17.0 Å². The highest BCUT2D eigenvalue weighted by atomic mass is 32.2. The summed E-state index contributed by atoms with van der Waals surface area (Å²) >= 11 is 0.859. The van der Waals surface area contributed by atoms with Gasteiger partial charge in [-0.25, -0.2) is 0 Å². The van der Waals surface area contributed by atoms with Crippen LogP contribution in [0.3, 0.4) is 0 Å². The summed E-state index contributed by atoms with van der Waals surface area (Å²) in [6.07, 6.45) is 0. The molecule has 0 aliphatic carbocycles. The Morgan fingerprint density at radius 1 is 1.41 bits per heavy atom. The molecule has 13 heteroatoms. The maximum absolute atomic E-state index is 12.4. The second-order valence-electron chi connectivity index (χ2n) is 4.15. The van der Waals surface area contributed by atoms with Gasteiger partial charge in [-0.1, -0.05) is 11.8 Å². The van der Waals surface area contributed by atoms with Crippen LogP contribution in [0.4, 0.5) is 18.9 Å².